The quantitative estimate of drug-likeness (QED) is 0.604. The number of benzene rings is 2. The van der Waals surface area contributed by atoms with Crippen molar-refractivity contribution in [2.75, 3.05) is 5.32 Å². The molecule has 1 amide bonds. The van der Waals surface area contributed by atoms with Gasteiger partial charge in [0.2, 0.25) is 0 Å². The Morgan fingerprint density at radius 1 is 1.15 bits per heavy atom. The number of hydrogen-bond acceptors (Lipinski definition) is 2. The van der Waals surface area contributed by atoms with Crippen molar-refractivity contribution in [2.45, 2.75) is 32.7 Å². The summed E-state index contributed by atoms with van der Waals surface area (Å²) in [6, 6.07) is 14.1. The largest absolute Gasteiger partial charge is 0.307 e. The molecule has 1 N–H and O–H groups in total. The van der Waals surface area contributed by atoms with Crippen LogP contribution < -0.4 is 5.32 Å². The zero-order valence-corrected chi connectivity index (χ0v) is 17.0. The molecule has 0 saturated carbocycles. The van der Waals surface area contributed by atoms with E-state index < -0.39 is 11.7 Å². The number of rotatable bonds is 4. The van der Waals surface area contributed by atoms with Crippen molar-refractivity contribution >= 4 is 27.7 Å². The van der Waals surface area contributed by atoms with E-state index in [0.29, 0.717) is 16.8 Å². The second-order valence-corrected chi connectivity index (χ2v) is 8.25. The van der Waals surface area contributed by atoms with E-state index in [9.17, 15) is 9.18 Å². The molecule has 140 valence electrons. The van der Waals surface area contributed by atoms with Crippen molar-refractivity contribution in [3.8, 4) is 0 Å². The van der Waals surface area contributed by atoms with Crippen LogP contribution in [-0.2, 0) is 12.0 Å². The third-order valence-electron chi connectivity index (χ3n) is 4.28. The van der Waals surface area contributed by atoms with Crippen molar-refractivity contribution < 1.29 is 9.18 Å². The summed E-state index contributed by atoms with van der Waals surface area (Å²) in [4.78, 5) is 12.5. The average molecular weight is 430 g/mol. The topological polar surface area (TPSA) is 46.9 Å². The minimum absolute atomic E-state index is 0.0989. The molecule has 1 aromatic heterocycles. The van der Waals surface area contributed by atoms with Crippen molar-refractivity contribution in [3.63, 3.8) is 0 Å². The lowest BCUT2D eigenvalue weighted by Crippen LogP contribution is -2.17. The lowest BCUT2D eigenvalue weighted by molar-refractivity contribution is 0.102. The first-order valence-electron chi connectivity index (χ1n) is 8.62. The maximum Gasteiger partial charge on any atom is 0.258 e. The predicted octanol–water partition coefficient (Wildman–Crippen LogP) is 5.38. The van der Waals surface area contributed by atoms with Crippen LogP contribution in [0.5, 0.6) is 0 Å². The number of hydrogen-bond donors (Lipinski definition) is 1. The second-order valence-electron chi connectivity index (χ2n) is 7.40. The van der Waals surface area contributed by atoms with E-state index in [-0.39, 0.29) is 11.0 Å². The van der Waals surface area contributed by atoms with Gasteiger partial charge in [0.1, 0.15) is 11.6 Å². The van der Waals surface area contributed by atoms with Crippen LogP contribution in [0.1, 0.15) is 42.3 Å². The molecule has 0 radical (unpaired) electrons. The molecular formula is C21H21BrFN3O. The fourth-order valence-electron chi connectivity index (χ4n) is 2.70. The number of halogens is 2. The number of aromatic nitrogens is 2. The Hall–Kier alpha value is -2.47. The monoisotopic (exact) mass is 429 g/mol. The number of amides is 1. The van der Waals surface area contributed by atoms with E-state index in [0.717, 1.165) is 5.56 Å². The van der Waals surface area contributed by atoms with Gasteiger partial charge in [0.05, 0.1) is 18.3 Å². The van der Waals surface area contributed by atoms with Crippen LogP contribution in [0.2, 0.25) is 0 Å². The third-order valence-corrected chi connectivity index (χ3v) is 4.97. The van der Waals surface area contributed by atoms with Crippen LogP contribution in [0.3, 0.4) is 0 Å². The van der Waals surface area contributed by atoms with Gasteiger partial charge in [-0.3, -0.25) is 4.79 Å². The Morgan fingerprint density at radius 3 is 2.52 bits per heavy atom. The van der Waals surface area contributed by atoms with Crippen molar-refractivity contribution in [3.05, 3.63) is 81.7 Å². The number of carbonyl (C=O) groups is 1. The zero-order valence-electron chi connectivity index (χ0n) is 15.5. The molecule has 0 saturated heterocycles. The molecule has 2 aromatic carbocycles. The maximum absolute atomic E-state index is 13.5. The maximum atomic E-state index is 13.5. The zero-order chi connectivity index (χ0) is 19.6. The first kappa shape index (κ1) is 19.3. The second kappa shape index (κ2) is 7.64. The van der Waals surface area contributed by atoms with Gasteiger partial charge in [0.15, 0.2) is 0 Å². The first-order valence-corrected chi connectivity index (χ1v) is 9.41. The Kier molecular flexibility index (Phi) is 5.46. The molecule has 0 atom stereocenters. The number of carbonyl (C=O) groups excluding carboxylic acids is 1. The molecule has 3 aromatic rings. The summed E-state index contributed by atoms with van der Waals surface area (Å²) >= 11 is 3.28. The van der Waals surface area contributed by atoms with E-state index in [2.05, 4.69) is 71.4 Å². The van der Waals surface area contributed by atoms with Crippen LogP contribution in [0, 0.1) is 5.82 Å². The highest BCUT2D eigenvalue weighted by Gasteiger charge is 2.15. The summed E-state index contributed by atoms with van der Waals surface area (Å²) in [5.41, 5.74) is 2.67. The van der Waals surface area contributed by atoms with Gasteiger partial charge in [-0.25, -0.2) is 9.07 Å². The summed E-state index contributed by atoms with van der Waals surface area (Å²) in [7, 11) is 0. The van der Waals surface area contributed by atoms with Gasteiger partial charge in [-0.1, -0.05) is 45.0 Å². The predicted molar refractivity (Wildman–Crippen MR) is 109 cm³/mol. The smallest absolute Gasteiger partial charge is 0.258 e. The number of nitrogens with zero attached hydrogens (tertiary/aromatic N) is 2. The fourth-order valence-corrected chi connectivity index (χ4v) is 3.13. The molecule has 0 spiro atoms. The van der Waals surface area contributed by atoms with Crippen molar-refractivity contribution in [2.24, 2.45) is 0 Å². The van der Waals surface area contributed by atoms with Gasteiger partial charge >= 0.3 is 0 Å². The van der Waals surface area contributed by atoms with Crippen LogP contribution in [0.25, 0.3) is 0 Å². The number of nitrogens with one attached hydrogen (secondary N) is 1. The molecule has 3 rings (SSSR count). The first-order chi connectivity index (χ1) is 12.7. The Balaban J connectivity index is 1.76. The Bertz CT molecular complexity index is 958. The van der Waals surface area contributed by atoms with Crippen LogP contribution in [0.15, 0.2) is 59.2 Å². The molecule has 4 nitrogen and oxygen atoms in total. The van der Waals surface area contributed by atoms with E-state index >= 15 is 0 Å². The summed E-state index contributed by atoms with van der Waals surface area (Å²) < 4.78 is 15.7. The number of anilines is 1. The van der Waals surface area contributed by atoms with Gasteiger partial charge in [0, 0.05) is 10.5 Å². The van der Waals surface area contributed by atoms with Crippen LogP contribution >= 0.6 is 15.9 Å². The lowest BCUT2D eigenvalue weighted by atomic mass is 9.87. The molecule has 0 unspecified atom stereocenters. The highest BCUT2D eigenvalue weighted by atomic mass is 79.9. The highest BCUT2D eigenvalue weighted by molar-refractivity contribution is 9.10. The molecular weight excluding hydrogens is 409 g/mol. The van der Waals surface area contributed by atoms with Crippen LogP contribution in [-0.4, -0.2) is 15.7 Å². The highest BCUT2D eigenvalue weighted by Crippen LogP contribution is 2.23. The van der Waals surface area contributed by atoms with E-state index in [1.54, 1.807) is 16.9 Å². The molecule has 0 aliphatic rings. The van der Waals surface area contributed by atoms with Gasteiger partial charge in [-0.15, -0.1) is 0 Å². The minimum Gasteiger partial charge on any atom is -0.307 e. The molecule has 1 heterocycles. The summed E-state index contributed by atoms with van der Waals surface area (Å²) in [5.74, 6) is -0.307. The van der Waals surface area contributed by atoms with Gasteiger partial charge in [0.25, 0.3) is 5.91 Å². The Morgan fingerprint density at radius 2 is 1.85 bits per heavy atom. The molecule has 0 fully saturated rings. The minimum atomic E-state index is -0.462. The van der Waals surface area contributed by atoms with Gasteiger partial charge in [-0.2, -0.15) is 5.10 Å². The fraction of sp³-hybridized carbons (Fsp3) is 0.238. The third kappa shape index (κ3) is 4.63. The molecule has 6 heteroatoms. The van der Waals surface area contributed by atoms with E-state index in [1.807, 2.05) is 0 Å². The molecule has 0 aliphatic heterocycles. The molecule has 0 aliphatic carbocycles. The molecule has 0 bridgehead atoms. The van der Waals surface area contributed by atoms with E-state index in [1.165, 1.54) is 23.8 Å². The van der Waals surface area contributed by atoms with E-state index in [4.69, 9.17) is 0 Å². The van der Waals surface area contributed by atoms with Crippen molar-refractivity contribution in [1.82, 2.24) is 9.78 Å². The lowest BCUT2D eigenvalue weighted by Gasteiger charge is -2.19. The summed E-state index contributed by atoms with van der Waals surface area (Å²) in [5, 5.41) is 7.08. The van der Waals surface area contributed by atoms with Gasteiger partial charge < -0.3 is 5.32 Å². The van der Waals surface area contributed by atoms with Crippen LogP contribution in [0.4, 0.5) is 10.2 Å². The molecule has 27 heavy (non-hydrogen) atoms. The normalized spacial score (nSPS) is 11.4. The summed E-state index contributed by atoms with van der Waals surface area (Å²) in [6.07, 6.45) is 1.62. The Labute approximate surface area is 166 Å². The van der Waals surface area contributed by atoms with Gasteiger partial charge in [-0.05, 0) is 50.7 Å². The SMILES string of the molecule is CC(C)(C)c1ccc(Cn2nccc2NC(=O)c2cc(F)ccc2Br)cc1. The van der Waals surface area contributed by atoms with Crippen molar-refractivity contribution in [1.29, 1.82) is 0 Å². The average Bonchev–Trinajstić information content (AvgIpc) is 3.03. The standard InChI is InChI=1S/C21H21BrFN3O/c1-21(2,3)15-6-4-14(5-7-15)13-26-19(10-11-24-26)25-20(27)17-12-16(23)8-9-18(17)22/h4-12H,13H2,1-3H3,(H,25,27). The summed E-state index contributed by atoms with van der Waals surface area (Å²) in [6.45, 7) is 7.05.